The highest BCUT2D eigenvalue weighted by Gasteiger charge is 2.09. The van der Waals surface area contributed by atoms with Crippen molar-refractivity contribution < 1.29 is 4.52 Å². The molecule has 2 N–H and O–H groups in total. The first-order valence-electron chi connectivity index (χ1n) is 6.14. The van der Waals surface area contributed by atoms with Crippen LogP contribution in [0.4, 0.5) is 5.69 Å². The van der Waals surface area contributed by atoms with E-state index < -0.39 is 0 Å². The molecule has 5 heteroatoms. The summed E-state index contributed by atoms with van der Waals surface area (Å²) in [5, 5.41) is 4.61. The molecule has 0 aliphatic rings. The van der Waals surface area contributed by atoms with Gasteiger partial charge >= 0.3 is 0 Å². The molecule has 3 aromatic rings. The molecule has 0 bridgehead atoms. The summed E-state index contributed by atoms with van der Waals surface area (Å²) in [5.74, 6) is 1.08. The number of aromatic nitrogens is 2. The number of hydrogen-bond donors (Lipinski definition) is 1. The van der Waals surface area contributed by atoms with Crippen LogP contribution in [0.1, 0.15) is 11.5 Å². The van der Waals surface area contributed by atoms with Gasteiger partial charge in [0.1, 0.15) is 0 Å². The fourth-order valence-corrected chi connectivity index (χ4v) is 2.14. The van der Waals surface area contributed by atoms with Crippen LogP contribution in [0.2, 0.25) is 5.02 Å². The predicted octanol–water partition coefficient (Wildman–Crippen LogP) is 3.56. The standard InChI is InChI=1S/C15H12ClN3O/c16-12-5-2-4-11(9-12)15-18-14(20-19-15)8-10-3-1-6-13(17)7-10/h1-7,9H,8,17H2. The quantitative estimate of drug-likeness (QED) is 0.747. The van der Waals surface area contributed by atoms with Gasteiger partial charge in [0.15, 0.2) is 0 Å². The molecule has 0 fully saturated rings. The van der Waals surface area contributed by atoms with Crippen LogP contribution >= 0.6 is 11.6 Å². The molecule has 0 unspecified atom stereocenters. The lowest BCUT2D eigenvalue weighted by Gasteiger charge is -1.97. The van der Waals surface area contributed by atoms with Crippen LogP contribution in [0.25, 0.3) is 11.4 Å². The lowest BCUT2D eigenvalue weighted by atomic mass is 10.1. The van der Waals surface area contributed by atoms with Crippen molar-refractivity contribution in [3.63, 3.8) is 0 Å². The van der Waals surface area contributed by atoms with Gasteiger partial charge in [-0.05, 0) is 29.8 Å². The van der Waals surface area contributed by atoms with Crippen LogP contribution in [0.3, 0.4) is 0 Å². The molecule has 0 aliphatic carbocycles. The summed E-state index contributed by atoms with van der Waals surface area (Å²) >= 11 is 5.95. The summed E-state index contributed by atoms with van der Waals surface area (Å²) in [6, 6.07) is 15.0. The summed E-state index contributed by atoms with van der Waals surface area (Å²) in [4.78, 5) is 4.37. The number of benzene rings is 2. The van der Waals surface area contributed by atoms with Crippen molar-refractivity contribution in [3.05, 3.63) is 65.0 Å². The lowest BCUT2D eigenvalue weighted by Crippen LogP contribution is -1.91. The minimum Gasteiger partial charge on any atom is -0.399 e. The Morgan fingerprint density at radius 3 is 2.75 bits per heavy atom. The van der Waals surface area contributed by atoms with Crippen LogP contribution < -0.4 is 5.73 Å². The van der Waals surface area contributed by atoms with Crippen LogP contribution in [-0.4, -0.2) is 10.1 Å². The maximum atomic E-state index is 5.95. The Morgan fingerprint density at radius 2 is 1.95 bits per heavy atom. The van der Waals surface area contributed by atoms with Crippen LogP contribution in [0.15, 0.2) is 53.1 Å². The van der Waals surface area contributed by atoms with Gasteiger partial charge in [0.2, 0.25) is 11.7 Å². The summed E-state index contributed by atoms with van der Waals surface area (Å²) in [7, 11) is 0. The Labute approximate surface area is 121 Å². The zero-order valence-electron chi connectivity index (χ0n) is 10.6. The SMILES string of the molecule is Nc1cccc(Cc2nc(-c3cccc(Cl)c3)no2)c1. The average Bonchev–Trinajstić information content (AvgIpc) is 2.87. The molecule has 20 heavy (non-hydrogen) atoms. The number of nitrogens with two attached hydrogens (primary N) is 1. The van der Waals surface area contributed by atoms with Crippen molar-refractivity contribution in [2.45, 2.75) is 6.42 Å². The zero-order chi connectivity index (χ0) is 13.9. The molecule has 2 aromatic carbocycles. The van der Waals surface area contributed by atoms with E-state index in [4.69, 9.17) is 21.9 Å². The van der Waals surface area contributed by atoms with Crippen LogP contribution in [-0.2, 0) is 6.42 Å². The summed E-state index contributed by atoms with van der Waals surface area (Å²) in [6.45, 7) is 0. The minimum atomic E-state index is 0.534. The number of nitrogen functional groups attached to an aromatic ring is 1. The highest BCUT2D eigenvalue weighted by Crippen LogP contribution is 2.21. The highest BCUT2D eigenvalue weighted by atomic mass is 35.5. The first-order valence-corrected chi connectivity index (χ1v) is 6.51. The van der Waals surface area contributed by atoms with Crippen LogP contribution in [0, 0.1) is 0 Å². The first-order chi connectivity index (χ1) is 9.70. The van der Waals surface area contributed by atoms with E-state index in [-0.39, 0.29) is 0 Å². The van der Waals surface area contributed by atoms with Gasteiger partial charge in [-0.3, -0.25) is 0 Å². The average molecular weight is 286 g/mol. The summed E-state index contributed by atoms with van der Waals surface area (Å²) in [6.07, 6.45) is 0.554. The molecule has 1 heterocycles. The van der Waals surface area contributed by atoms with E-state index in [1.54, 1.807) is 12.1 Å². The topological polar surface area (TPSA) is 64.9 Å². The van der Waals surface area contributed by atoms with E-state index >= 15 is 0 Å². The third-order valence-corrected chi connectivity index (χ3v) is 3.09. The summed E-state index contributed by atoms with van der Waals surface area (Å²) < 4.78 is 5.26. The molecule has 0 saturated heterocycles. The Kier molecular flexibility index (Phi) is 3.39. The number of anilines is 1. The summed E-state index contributed by atoms with van der Waals surface area (Å²) in [5.41, 5.74) is 8.33. The Hall–Kier alpha value is -2.33. The molecule has 3 rings (SSSR count). The number of hydrogen-bond acceptors (Lipinski definition) is 4. The van der Waals surface area contributed by atoms with E-state index in [0.717, 1.165) is 16.8 Å². The van der Waals surface area contributed by atoms with Gasteiger partial charge in [0.25, 0.3) is 0 Å². The predicted molar refractivity (Wildman–Crippen MR) is 78.4 cm³/mol. The third-order valence-electron chi connectivity index (χ3n) is 2.86. The maximum absolute atomic E-state index is 5.95. The maximum Gasteiger partial charge on any atom is 0.231 e. The fourth-order valence-electron chi connectivity index (χ4n) is 1.95. The Balaban J connectivity index is 1.84. The van der Waals surface area contributed by atoms with Gasteiger partial charge in [0, 0.05) is 16.3 Å². The molecule has 0 radical (unpaired) electrons. The Morgan fingerprint density at radius 1 is 1.10 bits per heavy atom. The normalized spacial score (nSPS) is 10.7. The minimum absolute atomic E-state index is 0.534. The van der Waals surface area contributed by atoms with Gasteiger partial charge in [-0.2, -0.15) is 4.98 Å². The van der Waals surface area contributed by atoms with Crippen molar-refractivity contribution >= 4 is 17.3 Å². The molecule has 0 amide bonds. The number of rotatable bonds is 3. The third kappa shape index (κ3) is 2.81. The van der Waals surface area contributed by atoms with Crippen molar-refractivity contribution in [1.82, 2.24) is 10.1 Å². The number of nitrogens with zero attached hydrogens (tertiary/aromatic N) is 2. The number of halogens is 1. The highest BCUT2D eigenvalue weighted by molar-refractivity contribution is 6.30. The van der Waals surface area contributed by atoms with E-state index in [1.807, 2.05) is 36.4 Å². The van der Waals surface area contributed by atoms with E-state index in [0.29, 0.717) is 23.2 Å². The van der Waals surface area contributed by atoms with Crippen molar-refractivity contribution in [2.75, 3.05) is 5.73 Å². The lowest BCUT2D eigenvalue weighted by molar-refractivity contribution is 0.386. The molecule has 0 saturated carbocycles. The molecular formula is C15H12ClN3O. The zero-order valence-corrected chi connectivity index (χ0v) is 11.3. The van der Waals surface area contributed by atoms with E-state index in [1.165, 1.54) is 0 Å². The largest absolute Gasteiger partial charge is 0.399 e. The molecule has 100 valence electrons. The van der Waals surface area contributed by atoms with Crippen molar-refractivity contribution in [1.29, 1.82) is 0 Å². The van der Waals surface area contributed by atoms with Gasteiger partial charge < -0.3 is 10.3 Å². The molecule has 0 aliphatic heterocycles. The second-order valence-electron chi connectivity index (χ2n) is 4.44. The van der Waals surface area contributed by atoms with Gasteiger partial charge in [-0.25, -0.2) is 0 Å². The molecular weight excluding hydrogens is 274 g/mol. The fraction of sp³-hybridized carbons (Fsp3) is 0.0667. The van der Waals surface area contributed by atoms with Crippen molar-refractivity contribution in [2.24, 2.45) is 0 Å². The van der Waals surface area contributed by atoms with E-state index in [9.17, 15) is 0 Å². The second kappa shape index (κ2) is 5.35. The second-order valence-corrected chi connectivity index (χ2v) is 4.88. The molecule has 4 nitrogen and oxygen atoms in total. The van der Waals surface area contributed by atoms with Gasteiger partial charge in [0.05, 0.1) is 6.42 Å². The van der Waals surface area contributed by atoms with Crippen molar-refractivity contribution in [3.8, 4) is 11.4 Å². The van der Waals surface area contributed by atoms with E-state index in [2.05, 4.69) is 10.1 Å². The van der Waals surface area contributed by atoms with Gasteiger partial charge in [-0.1, -0.05) is 41.0 Å². The van der Waals surface area contributed by atoms with Gasteiger partial charge in [-0.15, -0.1) is 0 Å². The molecule has 1 aromatic heterocycles. The first kappa shape index (κ1) is 12.7. The Bertz CT molecular complexity index is 739. The smallest absolute Gasteiger partial charge is 0.231 e. The van der Waals surface area contributed by atoms with Crippen LogP contribution in [0.5, 0.6) is 0 Å². The monoisotopic (exact) mass is 285 g/mol. The molecule has 0 spiro atoms. The molecule has 0 atom stereocenters.